The van der Waals surface area contributed by atoms with E-state index in [2.05, 4.69) is 62.2 Å². The summed E-state index contributed by atoms with van der Waals surface area (Å²) >= 11 is 0. The van der Waals surface area contributed by atoms with Crippen molar-refractivity contribution < 1.29 is 0 Å². The molecule has 2 unspecified atom stereocenters. The number of likely N-dealkylation sites (N-methyl/N-ethyl adjacent to an activating group) is 1. The third-order valence-electron chi connectivity index (χ3n) is 4.12. The van der Waals surface area contributed by atoms with Crippen LogP contribution >= 0.6 is 0 Å². The topological polar surface area (TPSA) is 3.24 Å². The van der Waals surface area contributed by atoms with Gasteiger partial charge >= 0.3 is 0 Å². The van der Waals surface area contributed by atoms with Gasteiger partial charge in [0.2, 0.25) is 0 Å². The summed E-state index contributed by atoms with van der Waals surface area (Å²) in [5.41, 5.74) is 2.92. The summed E-state index contributed by atoms with van der Waals surface area (Å²) in [7, 11) is 2.20. The van der Waals surface area contributed by atoms with Crippen molar-refractivity contribution in [3.63, 3.8) is 0 Å². The van der Waals surface area contributed by atoms with E-state index in [0.29, 0.717) is 12.0 Å². The van der Waals surface area contributed by atoms with Crippen LogP contribution in [0.1, 0.15) is 25.3 Å². The average Bonchev–Trinajstić information content (AvgIpc) is 2.55. The predicted octanol–water partition coefficient (Wildman–Crippen LogP) is 3.78. The monoisotopic (exact) mass is 211 g/mol. The number of rotatable bonds is 0. The van der Waals surface area contributed by atoms with Crippen LogP contribution in [0.4, 0.5) is 5.69 Å². The first-order chi connectivity index (χ1) is 7.70. The van der Waals surface area contributed by atoms with Crippen LogP contribution in [-0.4, -0.2) is 13.1 Å². The van der Waals surface area contributed by atoms with Crippen molar-refractivity contribution in [2.45, 2.75) is 25.8 Å². The highest BCUT2D eigenvalue weighted by atomic mass is 15.2. The minimum Gasteiger partial charge on any atom is -0.371 e. The predicted molar refractivity (Wildman–Crippen MR) is 70.2 cm³/mol. The fourth-order valence-corrected chi connectivity index (χ4v) is 2.87. The zero-order valence-electron chi connectivity index (χ0n) is 10.1. The van der Waals surface area contributed by atoms with E-state index < -0.39 is 0 Å². The summed E-state index contributed by atoms with van der Waals surface area (Å²) in [5, 5.41) is 2.78. The number of hydrogen-bond donors (Lipinski definition) is 0. The maximum Gasteiger partial charge on any atom is 0.0408 e. The molecule has 2 aromatic rings. The van der Waals surface area contributed by atoms with Crippen LogP contribution in [0.25, 0.3) is 10.8 Å². The summed E-state index contributed by atoms with van der Waals surface area (Å²) < 4.78 is 0. The summed E-state index contributed by atoms with van der Waals surface area (Å²) in [6.45, 7) is 4.64. The fraction of sp³-hybridized carbons (Fsp3) is 0.333. The molecule has 2 aromatic carbocycles. The molecule has 1 heterocycles. The Hall–Kier alpha value is -1.50. The largest absolute Gasteiger partial charge is 0.371 e. The van der Waals surface area contributed by atoms with Crippen molar-refractivity contribution in [3.05, 3.63) is 42.0 Å². The van der Waals surface area contributed by atoms with Crippen molar-refractivity contribution in [1.82, 2.24) is 0 Å². The van der Waals surface area contributed by atoms with Crippen molar-refractivity contribution >= 4 is 16.5 Å². The molecule has 0 saturated carbocycles. The highest BCUT2D eigenvalue weighted by molar-refractivity contribution is 5.92. The van der Waals surface area contributed by atoms with E-state index in [0.717, 1.165) is 0 Å². The minimum absolute atomic E-state index is 0.598. The molecule has 82 valence electrons. The van der Waals surface area contributed by atoms with E-state index >= 15 is 0 Å². The molecule has 0 N–H and O–H groups in total. The molecule has 0 aliphatic carbocycles. The third-order valence-corrected chi connectivity index (χ3v) is 4.12. The van der Waals surface area contributed by atoms with Gasteiger partial charge in [0.1, 0.15) is 0 Å². The van der Waals surface area contributed by atoms with Crippen molar-refractivity contribution in [1.29, 1.82) is 0 Å². The Morgan fingerprint density at radius 1 is 1.00 bits per heavy atom. The van der Waals surface area contributed by atoms with Gasteiger partial charge in [-0.15, -0.1) is 0 Å². The zero-order chi connectivity index (χ0) is 11.3. The average molecular weight is 211 g/mol. The maximum atomic E-state index is 2.40. The van der Waals surface area contributed by atoms with Gasteiger partial charge in [0.05, 0.1) is 0 Å². The van der Waals surface area contributed by atoms with Crippen LogP contribution in [0.3, 0.4) is 0 Å². The lowest BCUT2D eigenvalue weighted by Crippen LogP contribution is -2.25. The Bertz CT molecular complexity index is 544. The Labute approximate surface area is 96.7 Å². The third kappa shape index (κ3) is 1.12. The summed E-state index contributed by atoms with van der Waals surface area (Å²) in [4.78, 5) is 2.40. The van der Waals surface area contributed by atoms with Crippen LogP contribution < -0.4 is 4.90 Å². The number of anilines is 1. The fourth-order valence-electron chi connectivity index (χ4n) is 2.87. The molecule has 1 heteroatoms. The zero-order valence-corrected chi connectivity index (χ0v) is 10.1. The first-order valence-electron chi connectivity index (χ1n) is 5.94. The molecule has 0 spiro atoms. The lowest BCUT2D eigenvalue weighted by atomic mass is 9.93. The van der Waals surface area contributed by atoms with Crippen LogP contribution in [-0.2, 0) is 0 Å². The van der Waals surface area contributed by atoms with E-state index in [4.69, 9.17) is 0 Å². The Kier molecular flexibility index (Phi) is 1.97. The minimum atomic E-state index is 0.598. The molecule has 1 aliphatic heterocycles. The molecule has 0 bridgehead atoms. The van der Waals surface area contributed by atoms with Crippen molar-refractivity contribution in [3.8, 4) is 0 Å². The Morgan fingerprint density at radius 2 is 1.75 bits per heavy atom. The molecular weight excluding hydrogens is 194 g/mol. The van der Waals surface area contributed by atoms with Gasteiger partial charge in [0.25, 0.3) is 0 Å². The Morgan fingerprint density at radius 3 is 2.56 bits per heavy atom. The van der Waals surface area contributed by atoms with E-state index in [1.807, 2.05) is 0 Å². The first kappa shape index (κ1) is 9.71. The first-order valence-corrected chi connectivity index (χ1v) is 5.94. The van der Waals surface area contributed by atoms with Gasteiger partial charge in [-0.3, -0.25) is 0 Å². The van der Waals surface area contributed by atoms with E-state index in [-0.39, 0.29) is 0 Å². The molecule has 2 atom stereocenters. The van der Waals surface area contributed by atoms with E-state index in [1.165, 1.54) is 22.0 Å². The second-order valence-electron chi connectivity index (χ2n) is 4.86. The highest BCUT2D eigenvalue weighted by Gasteiger charge is 2.31. The molecule has 0 aromatic heterocycles. The van der Waals surface area contributed by atoms with Crippen molar-refractivity contribution in [2.24, 2.45) is 0 Å². The smallest absolute Gasteiger partial charge is 0.0408 e. The molecular formula is C15H17N. The lowest BCUT2D eigenvalue weighted by molar-refractivity contribution is 0.628. The van der Waals surface area contributed by atoms with Gasteiger partial charge in [-0.05, 0) is 29.3 Å². The SMILES string of the molecule is CC1c2c(ccc3ccccc23)N(C)C1C. The quantitative estimate of drug-likeness (QED) is 0.641. The van der Waals surface area contributed by atoms with Crippen LogP contribution in [0.15, 0.2) is 36.4 Å². The van der Waals surface area contributed by atoms with Gasteiger partial charge < -0.3 is 4.90 Å². The van der Waals surface area contributed by atoms with Gasteiger partial charge in [0, 0.05) is 24.7 Å². The Balaban J connectivity index is 2.36. The highest BCUT2D eigenvalue weighted by Crippen LogP contribution is 2.43. The van der Waals surface area contributed by atoms with E-state index in [9.17, 15) is 0 Å². The maximum absolute atomic E-state index is 2.40. The normalized spacial score (nSPS) is 23.8. The van der Waals surface area contributed by atoms with E-state index in [1.54, 1.807) is 0 Å². The van der Waals surface area contributed by atoms with Crippen LogP contribution in [0.5, 0.6) is 0 Å². The van der Waals surface area contributed by atoms with Crippen LogP contribution in [0.2, 0.25) is 0 Å². The number of hydrogen-bond acceptors (Lipinski definition) is 1. The molecule has 0 fully saturated rings. The number of fused-ring (bicyclic) bond motifs is 3. The van der Waals surface area contributed by atoms with Gasteiger partial charge in [-0.25, -0.2) is 0 Å². The number of nitrogens with zero attached hydrogens (tertiary/aromatic N) is 1. The molecule has 0 amide bonds. The van der Waals surface area contributed by atoms with Crippen LogP contribution in [0, 0.1) is 0 Å². The van der Waals surface area contributed by atoms with Crippen molar-refractivity contribution in [2.75, 3.05) is 11.9 Å². The second-order valence-corrected chi connectivity index (χ2v) is 4.86. The summed E-state index contributed by atoms with van der Waals surface area (Å²) in [5.74, 6) is 0.617. The molecule has 0 radical (unpaired) electrons. The van der Waals surface area contributed by atoms with Gasteiger partial charge in [-0.2, -0.15) is 0 Å². The second kappa shape index (κ2) is 3.24. The number of benzene rings is 2. The summed E-state index contributed by atoms with van der Waals surface area (Å²) in [6.07, 6.45) is 0. The van der Waals surface area contributed by atoms with Gasteiger partial charge in [0.15, 0.2) is 0 Å². The molecule has 1 aliphatic rings. The summed E-state index contributed by atoms with van der Waals surface area (Å²) in [6, 6.07) is 13.8. The van der Waals surface area contributed by atoms with Gasteiger partial charge in [-0.1, -0.05) is 37.3 Å². The lowest BCUT2D eigenvalue weighted by Gasteiger charge is -2.20. The molecule has 1 nitrogen and oxygen atoms in total. The molecule has 0 saturated heterocycles. The standard InChI is InChI=1S/C15H17N/c1-10-11(2)16(3)14-9-8-12-6-4-5-7-13(12)15(10)14/h4-11H,1-3H3. The molecule has 3 rings (SSSR count). The molecule has 16 heavy (non-hydrogen) atoms.